The van der Waals surface area contributed by atoms with E-state index in [1.807, 2.05) is 0 Å². The Hall–Kier alpha value is -2.02. The Morgan fingerprint density at radius 2 is 2.21 bits per heavy atom. The summed E-state index contributed by atoms with van der Waals surface area (Å²) in [5.41, 5.74) is 2.45. The molecular weight excluding hydrogens is 322 g/mol. The zero-order chi connectivity index (χ0) is 16.5. The smallest absolute Gasteiger partial charge is 0.252 e. The minimum atomic E-state index is 0.00258. The van der Waals surface area contributed by atoms with Crippen LogP contribution in [0.2, 0.25) is 0 Å². The second kappa shape index (κ2) is 6.47. The van der Waals surface area contributed by atoms with Gasteiger partial charge in [0.15, 0.2) is 5.82 Å². The van der Waals surface area contributed by atoms with Crippen molar-refractivity contribution < 1.29 is 4.79 Å². The van der Waals surface area contributed by atoms with Gasteiger partial charge < -0.3 is 10.6 Å². The number of nitrogens with one attached hydrogen (secondary N) is 2. The SMILES string of the molecule is CC1=CCCC=C1NCC1CC(=O)n2nc(C3=CCCS3)nc2N1. The fourth-order valence-electron chi connectivity index (χ4n) is 3.15. The summed E-state index contributed by atoms with van der Waals surface area (Å²) in [5, 5.41) is 11.2. The lowest BCUT2D eigenvalue weighted by atomic mass is 10.0. The van der Waals surface area contributed by atoms with Crippen LogP contribution < -0.4 is 10.6 Å². The van der Waals surface area contributed by atoms with Gasteiger partial charge in [0, 0.05) is 18.0 Å². The summed E-state index contributed by atoms with van der Waals surface area (Å²) in [6.45, 7) is 2.82. The number of anilines is 1. The van der Waals surface area contributed by atoms with E-state index in [-0.39, 0.29) is 11.9 Å². The molecule has 126 valence electrons. The molecule has 0 bridgehead atoms. The first-order valence-corrected chi connectivity index (χ1v) is 9.40. The van der Waals surface area contributed by atoms with Gasteiger partial charge in [0.2, 0.25) is 5.95 Å². The van der Waals surface area contributed by atoms with Gasteiger partial charge in [0.25, 0.3) is 5.91 Å². The van der Waals surface area contributed by atoms with Crippen molar-refractivity contribution >= 4 is 28.5 Å². The fraction of sp³-hybridized carbons (Fsp3) is 0.471. The van der Waals surface area contributed by atoms with Crippen LogP contribution in [0.25, 0.3) is 4.91 Å². The third kappa shape index (κ3) is 3.00. The van der Waals surface area contributed by atoms with Crippen LogP contribution >= 0.6 is 11.8 Å². The molecule has 1 aromatic rings. The van der Waals surface area contributed by atoms with E-state index in [4.69, 9.17) is 0 Å². The summed E-state index contributed by atoms with van der Waals surface area (Å²) in [5.74, 6) is 2.29. The van der Waals surface area contributed by atoms with E-state index >= 15 is 0 Å². The Morgan fingerprint density at radius 1 is 1.33 bits per heavy atom. The van der Waals surface area contributed by atoms with Crippen LogP contribution in [0.1, 0.15) is 43.2 Å². The number of hydrogen-bond acceptors (Lipinski definition) is 6. The first-order valence-electron chi connectivity index (χ1n) is 8.42. The largest absolute Gasteiger partial charge is 0.383 e. The molecule has 1 atom stereocenters. The van der Waals surface area contributed by atoms with E-state index in [9.17, 15) is 4.79 Å². The molecule has 1 unspecified atom stereocenters. The van der Waals surface area contributed by atoms with E-state index in [0.29, 0.717) is 24.7 Å². The number of thioether (sulfide) groups is 1. The van der Waals surface area contributed by atoms with Gasteiger partial charge in [-0.15, -0.1) is 16.9 Å². The highest BCUT2D eigenvalue weighted by atomic mass is 32.2. The van der Waals surface area contributed by atoms with Crippen molar-refractivity contribution in [1.82, 2.24) is 20.1 Å². The molecule has 24 heavy (non-hydrogen) atoms. The van der Waals surface area contributed by atoms with Crippen molar-refractivity contribution in [2.75, 3.05) is 17.6 Å². The predicted molar refractivity (Wildman–Crippen MR) is 96.8 cm³/mol. The standard InChI is InChI=1S/C17H21N5OS/c1-11-5-2-3-6-13(11)18-10-12-9-15(23)22-17(19-12)20-16(21-22)14-7-4-8-24-14/h5-7,12,18H,2-4,8-10H2,1H3,(H,19,20,21). The van der Waals surface area contributed by atoms with Crippen molar-refractivity contribution in [2.24, 2.45) is 0 Å². The van der Waals surface area contributed by atoms with Crippen molar-refractivity contribution in [3.8, 4) is 0 Å². The summed E-state index contributed by atoms with van der Waals surface area (Å²) >= 11 is 1.75. The number of aromatic nitrogens is 3. The average molecular weight is 343 g/mol. The molecular formula is C17H21N5OS. The maximum absolute atomic E-state index is 12.4. The van der Waals surface area contributed by atoms with Gasteiger partial charge in [-0.3, -0.25) is 4.79 Å². The molecule has 2 N–H and O–H groups in total. The average Bonchev–Trinajstić information content (AvgIpc) is 3.23. The number of hydrogen-bond donors (Lipinski definition) is 2. The summed E-state index contributed by atoms with van der Waals surface area (Å²) in [6.07, 6.45) is 10.3. The number of carbonyl (C=O) groups is 1. The Bertz CT molecular complexity index is 761. The Kier molecular flexibility index (Phi) is 4.18. The zero-order valence-corrected chi connectivity index (χ0v) is 14.5. The predicted octanol–water partition coefficient (Wildman–Crippen LogP) is 2.79. The molecule has 0 fully saturated rings. The first kappa shape index (κ1) is 15.5. The molecule has 7 heteroatoms. The quantitative estimate of drug-likeness (QED) is 0.876. The van der Waals surface area contributed by atoms with E-state index in [0.717, 1.165) is 29.9 Å². The minimum absolute atomic E-state index is 0.00258. The molecule has 0 amide bonds. The second-order valence-electron chi connectivity index (χ2n) is 6.28. The summed E-state index contributed by atoms with van der Waals surface area (Å²) in [6, 6.07) is 0.0305. The summed E-state index contributed by atoms with van der Waals surface area (Å²) in [7, 11) is 0. The molecule has 0 radical (unpaired) electrons. The highest BCUT2D eigenvalue weighted by Gasteiger charge is 2.28. The molecule has 0 saturated carbocycles. The van der Waals surface area contributed by atoms with Crippen LogP contribution in [-0.2, 0) is 0 Å². The zero-order valence-electron chi connectivity index (χ0n) is 13.7. The topological polar surface area (TPSA) is 71.8 Å². The Balaban J connectivity index is 1.45. The number of carbonyl (C=O) groups excluding carboxylic acids is 1. The van der Waals surface area contributed by atoms with Crippen molar-refractivity contribution in [3.05, 3.63) is 35.3 Å². The molecule has 0 spiro atoms. The van der Waals surface area contributed by atoms with Crippen LogP contribution in [0.15, 0.2) is 29.5 Å². The van der Waals surface area contributed by atoms with E-state index in [1.54, 1.807) is 11.8 Å². The molecule has 6 nitrogen and oxygen atoms in total. The number of allylic oxidation sites excluding steroid dienone is 4. The Labute approximate surface area is 145 Å². The number of nitrogens with zero attached hydrogens (tertiary/aromatic N) is 3. The van der Waals surface area contributed by atoms with E-state index in [1.165, 1.54) is 16.0 Å². The number of rotatable bonds is 4. The minimum Gasteiger partial charge on any atom is -0.383 e. The van der Waals surface area contributed by atoms with E-state index < -0.39 is 0 Å². The summed E-state index contributed by atoms with van der Waals surface area (Å²) < 4.78 is 1.41. The third-order valence-corrected chi connectivity index (χ3v) is 5.55. The maximum Gasteiger partial charge on any atom is 0.252 e. The van der Waals surface area contributed by atoms with Crippen LogP contribution in [0, 0.1) is 0 Å². The van der Waals surface area contributed by atoms with Crippen molar-refractivity contribution in [3.63, 3.8) is 0 Å². The first-order chi connectivity index (χ1) is 11.7. The third-order valence-electron chi connectivity index (χ3n) is 4.45. The van der Waals surface area contributed by atoms with Gasteiger partial charge in [-0.05, 0) is 31.8 Å². The highest BCUT2D eigenvalue weighted by molar-refractivity contribution is 8.08. The van der Waals surface area contributed by atoms with Gasteiger partial charge in [0.05, 0.1) is 17.4 Å². The molecule has 0 aromatic carbocycles. The normalized spacial score (nSPS) is 23.1. The van der Waals surface area contributed by atoms with Crippen LogP contribution in [-0.4, -0.2) is 39.0 Å². The molecule has 1 aromatic heterocycles. The lowest BCUT2D eigenvalue weighted by molar-refractivity contribution is 0.0872. The van der Waals surface area contributed by atoms with Gasteiger partial charge >= 0.3 is 0 Å². The van der Waals surface area contributed by atoms with Crippen molar-refractivity contribution in [1.29, 1.82) is 0 Å². The molecule has 1 aliphatic carbocycles. The molecule has 0 saturated heterocycles. The van der Waals surface area contributed by atoms with Crippen LogP contribution in [0.3, 0.4) is 0 Å². The Morgan fingerprint density at radius 3 is 3.00 bits per heavy atom. The van der Waals surface area contributed by atoms with Crippen LogP contribution in [0.5, 0.6) is 0 Å². The maximum atomic E-state index is 12.4. The second-order valence-corrected chi connectivity index (χ2v) is 7.42. The van der Waals surface area contributed by atoms with E-state index in [2.05, 4.69) is 45.9 Å². The monoisotopic (exact) mass is 343 g/mol. The fourth-order valence-corrected chi connectivity index (χ4v) is 4.06. The molecule has 3 heterocycles. The molecule has 2 aliphatic heterocycles. The lowest BCUT2D eigenvalue weighted by Crippen LogP contribution is -2.40. The van der Waals surface area contributed by atoms with Gasteiger partial charge in [-0.1, -0.05) is 18.2 Å². The lowest BCUT2D eigenvalue weighted by Gasteiger charge is -2.25. The van der Waals surface area contributed by atoms with Gasteiger partial charge in [-0.2, -0.15) is 9.67 Å². The highest BCUT2D eigenvalue weighted by Crippen LogP contribution is 2.33. The number of fused-ring (bicyclic) bond motifs is 1. The van der Waals surface area contributed by atoms with Gasteiger partial charge in [0.1, 0.15) is 0 Å². The van der Waals surface area contributed by atoms with Gasteiger partial charge in [-0.25, -0.2) is 0 Å². The van der Waals surface area contributed by atoms with Crippen LogP contribution in [0.4, 0.5) is 5.95 Å². The molecule has 4 rings (SSSR count). The summed E-state index contributed by atoms with van der Waals surface area (Å²) in [4.78, 5) is 18.0. The van der Waals surface area contributed by atoms with Crippen molar-refractivity contribution in [2.45, 2.75) is 38.6 Å². The molecule has 3 aliphatic rings.